The number of unbranched alkanes of at least 4 members (excludes halogenated alkanes) is 1. The van der Waals surface area contributed by atoms with Gasteiger partial charge in [0.1, 0.15) is 5.75 Å². The van der Waals surface area contributed by atoms with Gasteiger partial charge in [-0.1, -0.05) is 47.5 Å². The predicted octanol–water partition coefficient (Wildman–Crippen LogP) is 5.05. The zero-order chi connectivity index (χ0) is 15.1. The average Bonchev–Trinajstić information content (AvgIpc) is 2.50. The first kappa shape index (κ1) is 15.8. The fourth-order valence-corrected chi connectivity index (χ4v) is 2.41. The van der Waals surface area contributed by atoms with E-state index in [-0.39, 0.29) is 5.78 Å². The van der Waals surface area contributed by atoms with Crippen LogP contribution in [0.25, 0.3) is 0 Å². The van der Waals surface area contributed by atoms with Gasteiger partial charge in [-0.2, -0.15) is 0 Å². The zero-order valence-corrected chi connectivity index (χ0v) is 13.7. The van der Waals surface area contributed by atoms with Gasteiger partial charge in [0.2, 0.25) is 0 Å². The van der Waals surface area contributed by atoms with E-state index in [1.807, 2.05) is 48.5 Å². The first-order valence-electron chi connectivity index (χ1n) is 7.20. The summed E-state index contributed by atoms with van der Waals surface area (Å²) in [7, 11) is 0. The summed E-state index contributed by atoms with van der Waals surface area (Å²) in [5.41, 5.74) is 1.72. The highest BCUT2D eigenvalue weighted by molar-refractivity contribution is 9.10. The molecule has 0 N–H and O–H groups in total. The Morgan fingerprint density at radius 1 is 1.10 bits per heavy atom. The van der Waals surface area contributed by atoms with Gasteiger partial charge in [-0.25, -0.2) is 0 Å². The molecule has 0 saturated carbocycles. The van der Waals surface area contributed by atoms with Crippen molar-refractivity contribution in [3.63, 3.8) is 0 Å². The number of carbonyl (C=O) groups excluding carboxylic acids is 1. The summed E-state index contributed by atoms with van der Waals surface area (Å²) < 4.78 is 6.57. The molecule has 0 fully saturated rings. The van der Waals surface area contributed by atoms with Gasteiger partial charge in [-0.3, -0.25) is 4.79 Å². The molecule has 0 atom stereocenters. The summed E-state index contributed by atoms with van der Waals surface area (Å²) >= 11 is 3.47. The molecule has 0 saturated heterocycles. The second-order valence-corrected chi connectivity index (χ2v) is 5.77. The van der Waals surface area contributed by atoms with Crippen molar-refractivity contribution < 1.29 is 9.53 Å². The molecule has 0 aliphatic carbocycles. The molecule has 21 heavy (non-hydrogen) atoms. The highest BCUT2D eigenvalue weighted by atomic mass is 79.9. The number of rotatable bonds is 7. The maximum atomic E-state index is 12.3. The Kier molecular flexibility index (Phi) is 6.00. The van der Waals surface area contributed by atoms with Crippen molar-refractivity contribution in [2.24, 2.45) is 0 Å². The van der Waals surface area contributed by atoms with Crippen molar-refractivity contribution >= 4 is 21.7 Å². The monoisotopic (exact) mass is 346 g/mol. The van der Waals surface area contributed by atoms with E-state index in [2.05, 4.69) is 22.9 Å². The number of halogens is 1. The van der Waals surface area contributed by atoms with Gasteiger partial charge in [0, 0.05) is 16.5 Å². The lowest BCUT2D eigenvalue weighted by molar-refractivity contribution is 0.0993. The Morgan fingerprint density at radius 3 is 2.48 bits per heavy atom. The highest BCUT2D eigenvalue weighted by Crippen LogP contribution is 2.19. The standard InChI is InChI=1S/C18H19BrO2/c1-2-3-12-21-16-10-8-14(9-11-16)18(20)13-15-6-4-5-7-17(15)19/h4-11H,2-3,12-13H2,1H3. The van der Waals surface area contributed by atoms with Crippen LogP contribution >= 0.6 is 15.9 Å². The van der Waals surface area contributed by atoms with Gasteiger partial charge >= 0.3 is 0 Å². The Bertz CT molecular complexity index is 590. The third-order valence-electron chi connectivity index (χ3n) is 3.25. The van der Waals surface area contributed by atoms with Gasteiger partial charge < -0.3 is 4.74 Å². The number of hydrogen-bond acceptors (Lipinski definition) is 2. The van der Waals surface area contributed by atoms with E-state index in [0.717, 1.165) is 35.2 Å². The second kappa shape index (κ2) is 7.99. The van der Waals surface area contributed by atoms with Crippen LogP contribution in [0.4, 0.5) is 0 Å². The Morgan fingerprint density at radius 2 is 1.81 bits per heavy atom. The van der Waals surface area contributed by atoms with Crippen LogP contribution in [0.15, 0.2) is 53.0 Å². The van der Waals surface area contributed by atoms with Crippen LogP contribution in [0.5, 0.6) is 5.75 Å². The lowest BCUT2D eigenvalue weighted by atomic mass is 10.0. The molecular weight excluding hydrogens is 328 g/mol. The van der Waals surface area contributed by atoms with E-state index in [9.17, 15) is 4.79 Å². The van der Waals surface area contributed by atoms with E-state index in [4.69, 9.17) is 4.74 Å². The predicted molar refractivity (Wildman–Crippen MR) is 89.0 cm³/mol. The lowest BCUT2D eigenvalue weighted by Gasteiger charge is -2.07. The number of hydrogen-bond donors (Lipinski definition) is 0. The molecule has 2 nitrogen and oxygen atoms in total. The molecule has 2 aromatic carbocycles. The quantitative estimate of drug-likeness (QED) is 0.517. The molecule has 2 aromatic rings. The zero-order valence-electron chi connectivity index (χ0n) is 12.1. The topological polar surface area (TPSA) is 26.3 Å². The first-order chi connectivity index (χ1) is 10.2. The minimum absolute atomic E-state index is 0.113. The molecule has 0 bridgehead atoms. The fourth-order valence-electron chi connectivity index (χ4n) is 1.99. The molecule has 2 rings (SSSR count). The summed E-state index contributed by atoms with van der Waals surface area (Å²) in [5, 5.41) is 0. The van der Waals surface area contributed by atoms with Crippen molar-refractivity contribution in [3.05, 3.63) is 64.1 Å². The van der Waals surface area contributed by atoms with Crippen LogP contribution in [-0.2, 0) is 6.42 Å². The summed E-state index contributed by atoms with van der Waals surface area (Å²) in [6, 6.07) is 15.2. The van der Waals surface area contributed by atoms with Crippen LogP contribution in [0, 0.1) is 0 Å². The maximum absolute atomic E-state index is 12.3. The largest absolute Gasteiger partial charge is 0.494 e. The number of ketones is 1. The third kappa shape index (κ3) is 4.71. The normalized spacial score (nSPS) is 10.4. The first-order valence-corrected chi connectivity index (χ1v) is 7.99. The van der Waals surface area contributed by atoms with E-state index in [0.29, 0.717) is 12.0 Å². The van der Waals surface area contributed by atoms with Crippen molar-refractivity contribution in [3.8, 4) is 5.75 Å². The molecule has 0 aliphatic rings. The van der Waals surface area contributed by atoms with Crippen LogP contribution < -0.4 is 4.74 Å². The van der Waals surface area contributed by atoms with E-state index >= 15 is 0 Å². The van der Waals surface area contributed by atoms with E-state index in [1.54, 1.807) is 0 Å². The van der Waals surface area contributed by atoms with Crippen LogP contribution in [0.3, 0.4) is 0 Å². The molecule has 0 aliphatic heterocycles. The van der Waals surface area contributed by atoms with Crippen molar-refractivity contribution in [1.29, 1.82) is 0 Å². The SMILES string of the molecule is CCCCOc1ccc(C(=O)Cc2ccccc2Br)cc1. The molecule has 0 aromatic heterocycles. The van der Waals surface area contributed by atoms with Gasteiger partial charge in [0.15, 0.2) is 5.78 Å². The van der Waals surface area contributed by atoms with Gasteiger partial charge in [0.05, 0.1) is 6.61 Å². The van der Waals surface area contributed by atoms with Gasteiger partial charge in [-0.05, 0) is 42.3 Å². The molecule has 0 radical (unpaired) electrons. The average molecular weight is 347 g/mol. The van der Waals surface area contributed by atoms with Crippen LogP contribution in [0.2, 0.25) is 0 Å². The minimum atomic E-state index is 0.113. The Balaban J connectivity index is 1.98. The summed E-state index contributed by atoms with van der Waals surface area (Å²) in [6.07, 6.45) is 2.56. The molecular formula is C18H19BrO2. The number of benzene rings is 2. The number of ether oxygens (including phenoxy) is 1. The molecule has 0 amide bonds. The molecule has 110 valence electrons. The molecule has 0 unspecified atom stereocenters. The van der Waals surface area contributed by atoms with E-state index < -0.39 is 0 Å². The van der Waals surface area contributed by atoms with Crippen molar-refractivity contribution in [2.45, 2.75) is 26.2 Å². The van der Waals surface area contributed by atoms with Gasteiger partial charge in [0.25, 0.3) is 0 Å². The Hall–Kier alpha value is -1.61. The van der Waals surface area contributed by atoms with Gasteiger partial charge in [-0.15, -0.1) is 0 Å². The summed E-state index contributed by atoms with van der Waals surface area (Å²) in [6.45, 7) is 2.85. The molecule has 0 heterocycles. The number of Topliss-reactive ketones (excluding diaryl/α,β-unsaturated/α-hetero) is 1. The lowest BCUT2D eigenvalue weighted by Crippen LogP contribution is -2.04. The third-order valence-corrected chi connectivity index (χ3v) is 4.03. The molecule has 0 spiro atoms. The fraction of sp³-hybridized carbons (Fsp3) is 0.278. The Labute approximate surface area is 134 Å². The van der Waals surface area contributed by atoms with Crippen LogP contribution in [-0.4, -0.2) is 12.4 Å². The smallest absolute Gasteiger partial charge is 0.167 e. The second-order valence-electron chi connectivity index (χ2n) is 4.92. The van der Waals surface area contributed by atoms with Crippen molar-refractivity contribution in [1.82, 2.24) is 0 Å². The van der Waals surface area contributed by atoms with E-state index in [1.165, 1.54) is 0 Å². The highest BCUT2D eigenvalue weighted by Gasteiger charge is 2.09. The summed E-state index contributed by atoms with van der Waals surface area (Å²) in [5.74, 6) is 0.933. The maximum Gasteiger partial charge on any atom is 0.167 e. The minimum Gasteiger partial charge on any atom is -0.494 e. The summed E-state index contributed by atoms with van der Waals surface area (Å²) in [4.78, 5) is 12.3. The molecule has 3 heteroatoms. The van der Waals surface area contributed by atoms with Crippen molar-refractivity contribution in [2.75, 3.05) is 6.61 Å². The number of carbonyl (C=O) groups is 1. The van der Waals surface area contributed by atoms with Crippen LogP contribution in [0.1, 0.15) is 35.7 Å².